The molecule has 1 aromatic heterocycles. The summed E-state index contributed by atoms with van der Waals surface area (Å²) in [5.41, 5.74) is -4.08. The van der Waals surface area contributed by atoms with Crippen LogP contribution >= 0.6 is 0 Å². The molecular weight excluding hydrogens is 910 g/mol. The number of amides is 4. The van der Waals surface area contributed by atoms with Crippen LogP contribution < -0.4 is 24.8 Å². The predicted octanol–water partition coefficient (Wildman–Crippen LogP) is 5.69. The molecule has 2 saturated carbocycles. The fourth-order valence-corrected chi connectivity index (χ4v) is 12.0. The van der Waals surface area contributed by atoms with Crippen molar-refractivity contribution in [3.8, 4) is 11.5 Å². The van der Waals surface area contributed by atoms with Crippen LogP contribution in [-0.2, 0) is 46.5 Å². The number of fused-ring (bicyclic) bond motifs is 7. The molecule has 2 aliphatic carbocycles. The quantitative estimate of drug-likeness (QED) is 0.184. The SMILES string of the molecule is CC(C)COC(=O)N[C@H]1CCCCC/C=C\[C@@H]2C[C@@]2(C(=O)NS(=O)(=O)C2(C)CC2)NC(=O)[C@@H]2C[C@]3(CCc4c(c(C(F)(F)F)nc5ccc(OCCCN6C7CCC6COC7)cc45)O3)CN2C1=O. The number of aryl methyl sites for hydroxylation is 1. The normalized spacial score (nSPS) is 30.8. The summed E-state index contributed by atoms with van der Waals surface area (Å²) in [6, 6.07) is 3.04. The van der Waals surface area contributed by atoms with E-state index in [0.29, 0.717) is 68.4 Å². The van der Waals surface area contributed by atoms with Crippen molar-refractivity contribution in [3.63, 3.8) is 0 Å². The van der Waals surface area contributed by atoms with E-state index in [4.69, 9.17) is 18.9 Å². The fourth-order valence-electron chi connectivity index (χ4n) is 10.7. The highest BCUT2D eigenvalue weighted by Crippen LogP contribution is 2.51. The zero-order valence-corrected chi connectivity index (χ0v) is 39.8. The number of nitrogens with one attached hydrogen (secondary N) is 3. The van der Waals surface area contributed by atoms with E-state index in [1.54, 1.807) is 25.1 Å². The molecule has 1 spiro atoms. The van der Waals surface area contributed by atoms with Gasteiger partial charge in [-0.15, -0.1) is 0 Å². The lowest BCUT2D eigenvalue weighted by Gasteiger charge is -2.37. The third-order valence-corrected chi connectivity index (χ3v) is 17.3. The summed E-state index contributed by atoms with van der Waals surface area (Å²) in [7, 11) is -4.11. The van der Waals surface area contributed by atoms with Crippen LogP contribution in [0.4, 0.5) is 18.0 Å². The Kier molecular flexibility index (Phi) is 13.2. The average Bonchev–Trinajstić information content (AvgIpc) is 4.16. The summed E-state index contributed by atoms with van der Waals surface area (Å²) in [6.07, 6.45) is 4.26. The van der Waals surface area contributed by atoms with E-state index in [9.17, 15) is 27.6 Å². The number of aromatic nitrogens is 1. The van der Waals surface area contributed by atoms with E-state index < -0.39 is 85.3 Å². The molecule has 7 aliphatic rings. The molecule has 7 atom stereocenters. The second kappa shape index (κ2) is 18.6. The van der Waals surface area contributed by atoms with Crippen LogP contribution in [0.15, 0.2) is 30.4 Å². The number of alkyl halides is 3. The van der Waals surface area contributed by atoms with E-state index in [0.717, 1.165) is 39.0 Å². The van der Waals surface area contributed by atoms with Gasteiger partial charge in [0, 0.05) is 41.9 Å². The number of carbonyl (C=O) groups excluding carboxylic acids is 4. The van der Waals surface area contributed by atoms with E-state index in [1.807, 2.05) is 19.9 Å². The zero-order valence-electron chi connectivity index (χ0n) is 39.0. The summed E-state index contributed by atoms with van der Waals surface area (Å²) in [4.78, 5) is 64.6. The maximum Gasteiger partial charge on any atom is 0.437 e. The molecule has 4 amide bonds. The number of ether oxygens (including phenoxy) is 4. The van der Waals surface area contributed by atoms with Gasteiger partial charge < -0.3 is 34.5 Å². The monoisotopic (exact) mass is 972 g/mol. The van der Waals surface area contributed by atoms with E-state index >= 15 is 13.2 Å². The molecule has 372 valence electrons. The Labute approximate surface area is 394 Å². The Morgan fingerprint density at radius 2 is 1.81 bits per heavy atom. The van der Waals surface area contributed by atoms with Gasteiger partial charge in [0.05, 0.1) is 43.2 Å². The van der Waals surface area contributed by atoms with Gasteiger partial charge in [0.25, 0.3) is 5.91 Å². The maximum absolute atomic E-state index is 15.1. The van der Waals surface area contributed by atoms with Crippen LogP contribution in [0.2, 0.25) is 0 Å². The molecule has 9 rings (SSSR count). The first-order valence-electron chi connectivity index (χ1n) is 24.3. The van der Waals surface area contributed by atoms with Crippen molar-refractivity contribution in [2.24, 2.45) is 11.8 Å². The molecule has 5 aliphatic heterocycles. The molecule has 0 radical (unpaired) electrons. The van der Waals surface area contributed by atoms with E-state index in [2.05, 4.69) is 25.2 Å². The Morgan fingerprint density at radius 3 is 2.53 bits per heavy atom. The van der Waals surface area contributed by atoms with Crippen LogP contribution in [0.5, 0.6) is 11.5 Å². The summed E-state index contributed by atoms with van der Waals surface area (Å²) < 4.78 is 96.7. The summed E-state index contributed by atoms with van der Waals surface area (Å²) in [6.45, 7) is 7.70. The van der Waals surface area contributed by atoms with Crippen molar-refractivity contribution in [2.45, 2.75) is 157 Å². The minimum Gasteiger partial charge on any atom is -0.494 e. The van der Waals surface area contributed by atoms with Crippen LogP contribution in [0, 0.1) is 11.8 Å². The van der Waals surface area contributed by atoms with Gasteiger partial charge >= 0.3 is 12.3 Å². The molecule has 16 nitrogen and oxygen atoms in total. The number of morpholine rings is 1. The standard InChI is InChI=1S/C48H63F3N6O10S/c1-29(2)25-66-44(61)53-37-11-8-6-4-5-7-10-30-23-47(30,43(60)55-68(62,63)45(3)18-19-45)54-41(58)38-24-46(28-57(38)42(37)59)17-16-34-35-22-33(14-15-36(35)52-40(39(34)67-46)48(49,50)51)65-21-9-20-56-31-12-13-32(56)27-64-26-31/h7,10,14-15,22,29-32,37-38H,4-6,8-9,11-13,16-21,23-28H2,1-3H3,(H,53,61)(H,54,58)(H,55,60)/b10-7-/t30-,31?,32?,37+,38+,46-,47-/m1/s1. The van der Waals surface area contributed by atoms with Gasteiger partial charge in [-0.3, -0.25) is 24.0 Å². The van der Waals surface area contributed by atoms with Crippen molar-refractivity contribution in [1.29, 1.82) is 0 Å². The largest absolute Gasteiger partial charge is 0.494 e. The maximum atomic E-state index is 15.1. The van der Waals surface area contributed by atoms with Crippen LogP contribution in [-0.4, -0.2) is 127 Å². The molecule has 1 aromatic carbocycles. The second-order valence-corrected chi connectivity index (χ2v) is 22.9. The van der Waals surface area contributed by atoms with E-state index in [-0.39, 0.29) is 62.3 Å². The molecule has 6 heterocycles. The van der Waals surface area contributed by atoms with E-state index in [1.165, 1.54) is 11.0 Å². The number of allylic oxidation sites excluding steroid dienone is 1. The number of halogens is 3. The van der Waals surface area contributed by atoms with Gasteiger partial charge in [-0.05, 0) is 102 Å². The number of pyridine rings is 1. The van der Waals surface area contributed by atoms with Crippen molar-refractivity contribution in [1.82, 2.24) is 30.1 Å². The van der Waals surface area contributed by atoms with Gasteiger partial charge in [-0.1, -0.05) is 38.8 Å². The summed E-state index contributed by atoms with van der Waals surface area (Å²) in [5, 5.41) is 5.93. The summed E-state index contributed by atoms with van der Waals surface area (Å²) >= 11 is 0. The van der Waals surface area contributed by atoms with Crippen molar-refractivity contribution >= 4 is 44.7 Å². The number of carbonyl (C=O) groups is 4. The molecule has 68 heavy (non-hydrogen) atoms. The number of nitrogens with zero attached hydrogens (tertiary/aromatic N) is 3. The van der Waals surface area contributed by atoms with Crippen LogP contribution in [0.1, 0.15) is 115 Å². The molecule has 2 bridgehead atoms. The lowest BCUT2D eigenvalue weighted by molar-refractivity contribution is -0.144. The third-order valence-electron chi connectivity index (χ3n) is 15.1. The first kappa shape index (κ1) is 48.3. The fraction of sp³-hybridized carbons (Fsp3) is 0.688. The van der Waals surface area contributed by atoms with Gasteiger partial charge in [-0.25, -0.2) is 18.2 Å². The molecule has 2 unspecified atom stereocenters. The zero-order chi connectivity index (χ0) is 48.2. The van der Waals surface area contributed by atoms with Gasteiger partial charge in [0.1, 0.15) is 29.0 Å². The van der Waals surface area contributed by atoms with Crippen LogP contribution in [0.3, 0.4) is 0 Å². The lowest BCUT2D eigenvalue weighted by atomic mass is 9.87. The van der Waals surface area contributed by atoms with Gasteiger partial charge in [0.2, 0.25) is 21.8 Å². The molecular formula is C48H63F3N6O10S. The smallest absolute Gasteiger partial charge is 0.437 e. The number of benzene rings is 1. The molecule has 3 N–H and O–H groups in total. The summed E-state index contributed by atoms with van der Waals surface area (Å²) in [5.74, 6) is -2.98. The topological polar surface area (TPSA) is 195 Å². The average molecular weight is 973 g/mol. The molecule has 5 fully saturated rings. The minimum absolute atomic E-state index is 0.00104. The van der Waals surface area contributed by atoms with Crippen molar-refractivity contribution in [2.75, 3.05) is 39.5 Å². The Balaban J connectivity index is 1.01. The first-order valence-corrected chi connectivity index (χ1v) is 25.8. The number of sulfonamides is 1. The highest BCUT2D eigenvalue weighted by atomic mass is 32.2. The molecule has 3 saturated heterocycles. The number of alkyl carbamates (subject to hydrolysis) is 1. The molecule has 20 heteroatoms. The predicted molar refractivity (Wildman–Crippen MR) is 242 cm³/mol. The highest BCUT2D eigenvalue weighted by molar-refractivity contribution is 7.91. The van der Waals surface area contributed by atoms with Gasteiger partial charge in [0.15, 0.2) is 11.4 Å². The Hall–Kier alpha value is -4.69. The Morgan fingerprint density at radius 1 is 1.04 bits per heavy atom. The van der Waals surface area contributed by atoms with Gasteiger partial charge in [-0.2, -0.15) is 13.2 Å². The van der Waals surface area contributed by atoms with Crippen molar-refractivity contribution < 1.29 is 59.7 Å². The number of hydrogen-bond donors (Lipinski definition) is 3. The lowest BCUT2D eigenvalue weighted by Crippen LogP contribution is -2.58. The second-order valence-electron chi connectivity index (χ2n) is 20.7. The Bertz CT molecular complexity index is 2430. The van der Waals surface area contributed by atoms with Crippen molar-refractivity contribution in [3.05, 3.63) is 41.6 Å². The number of rotatable bonds is 11. The van der Waals surface area contributed by atoms with Crippen LogP contribution in [0.25, 0.3) is 10.9 Å². The highest BCUT2D eigenvalue weighted by Gasteiger charge is 2.64. The third kappa shape index (κ3) is 9.74. The number of hydrogen-bond acceptors (Lipinski definition) is 12. The first-order chi connectivity index (χ1) is 32.3. The molecule has 2 aromatic rings. The minimum atomic E-state index is -4.95.